The van der Waals surface area contributed by atoms with Crippen LogP contribution >= 0.6 is 0 Å². The van der Waals surface area contributed by atoms with E-state index in [0.29, 0.717) is 16.5 Å². The molecule has 8 nitrogen and oxygen atoms in total. The number of fused-ring (bicyclic) bond motifs is 1. The van der Waals surface area contributed by atoms with Gasteiger partial charge in [0.15, 0.2) is 0 Å². The Morgan fingerprint density at radius 1 is 1.05 bits per heavy atom. The molecule has 0 aliphatic rings. The van der Waals surface area contributed by atoms with Gasteiger partial charge in [0.2, 0.25) is 5.43 Å². The van der Waals surface area contributed by atoms with Gasteiger partial charge < -0.3 is 20.2 Å². The molecular weight excluding hydrogens is 492 g/mol. The Morgan fingerprint density at radius 2 is 1.87 bits per heavy atom. The van der Waals surface area contributed by atoms with Gasteiger partial charge >= 0.3 is 0 Å². The molecule has 5 rings (SSSR count). The van der Waals surface area contributed by atoms with E-state index in [1.54, 1.807) is 30.3 Å². The zero-order valence-corrected chi connectivity index (χ0v) is 20.1. The fraction of sp³-hybridized carbons (Fsp3) is 0.0714. The van der Waals surface area contributed by atoms with E-state index in [1.165, 1.54) is 49.8 Å². The van der Waals surface area contributed by atoms with Gasteiger partial charge in [0.05, 0.1) is 35.9 Å². The largest absolute Gasteiger partial charge is 0.497 e. The van der Waals surface area contributed by atoms with Crippen LogP contribution in [0, 0.1) is 17.0 Å². The molecule has 0 aliphatic carbocycles. The van der Waals surface area contributed by atoms with E-state index in [0.717, 1.165) is 0 Å². The molecule has 2 aromatic heterocycles. The van der Waals surface area contributed by atoms with Gasteiger partial charge in [-0.05, 0) is 42.0 Å². The fourth-order valence-electron chi connectivity index (χ4n) is 4.16. The maximum absolute atomic E-state index is 14.1. The number of nitrogens with one attached hydrogen (secondary N) is 2. The van der Waals surface area contributed by atoms with Crippen molar-refractivity contribution in [3.8, 4) is 16.9 Å². The summed E-state index contributed by atoms with van der Waals surface area (Å²) in [5.74, 6) is -0.494. The predicted molar refractivity (Wildman–Crippen MR) is 141 cm³/mol. The van der Waals surface area contributed by atoms with Crippen molar-refractivity contribution in [1.29, 1.82) is 5.41 Å². The quantitative estimate of drug-likeness (QED) is 0.257. The van der Waals surface area contributed by atoms with Crippen molar-refractivity contribution >= 4 is 28.3 Å². The first kappa shape index (κ1) is 24.6. The summed E-state index contributed by atoms with van der Waals surface area (Å²) in [5.41, 5.74) is 6.85. The van der Waals surface area contributed by atoms with Gasteiger partial charge in [-0.1, -0.05) is 24.3 Å². The molecule has 0 amide bonds. The first-order valence-corrected chi connectivity index (χ1v) is 11.4. The van der Waals surface area contributed by atoms with Crippen LogP contribution in [0.1, 0.15) is 16.9 Å². The second kappa shape index (κ2) is 10.1. The van der Waals surface area contributed by atoms with Gasteiger partial charge in [-0.15, -0.1) is 0 Å². The SMILES string of the molecule is COc1cc(F)cc(C(=N)c2c(N)ncnc2NCc2oc3ccccc3c(=O)c2-c2cccc(F)c2)c1. The highest BCUT2D eigenvalue weighted by atomic mass is 19.1. The van der Waals surface area contributed by atoms with E-state index in [-0.39, 0.29) is 57.5 Å². The molecule has 3 aromatic carbocycles. The average molecular weight is 514 g/mol. The van der Waals surface area contributed by atoms with Crippen LogP contribution in [0.4, 0.5) is 20.4 Å². The van der Waals surface area contributed by atoms with Gasteiger partial charge in [-0.25, -0.2) is 18.7 Å². The number of benzene rings is 3. The smallest absolute Gasteiger partial charge is 0.200 e. The van der Waals surface area contributed by atoms with E-state index < -0.39 is 11.6 Å². The second-order valence-electron chi connectivity index (χ2n) is 8.33. The Balaban J connectivity index is 1.58. The summed E-state index contributed by atoms with van der Waals surface area (Å²) in [6.45, 7) is -0.0604. The van der Waals surface area contributed by atoms with E-state index in [9.17, 15) is 13.6 Å². The molecule has 0 radical (unpaired) electrons. The van der Waals surface area contributed by atoms with E-state index in [4.69, 9.17) is 20.3 Å². The van der Waals surface area contributed by atoms with Crippen LogP contribution in [0.5, 0.6) is 5.75 Å². The molecule has 0 atom stereocenters. The zero-order chi connectivity index (χ0) is 26.8. The number of nitrogens with zero attached hydrogens (tertiary/aromatic N) is 2. The molecule has 0 spiro atoms. The van der Waals surface area contributed by atoms with Crippen LogP contribution in [0.3, 0.4) is 0 Å². The Bertz CT molecular complexity index is 1750. The predicted octanol–water partition coefficient (Wildman–Crippen LogP) is 5.15. The highest BCUT2D eigenvalue weighted by Gasteiger charge is 2.20. The number of nitrogens with two attached hydrogens (primary N) is 1. The Kier molecular flexibility index (Phi) is 6.53. The van der Waals surface area contributed by atoms with Crippen molar-refractivity contribution in [1.82, 2.24) is 9.97 Å². The van der Waals surface area contributed by atoms with E-state index in [1.807, 2.05) is 0 Å². The van der Waals surface area contributed by atoms with Gasteiger partial charge in [0.25, 0.3) is 0 Å². The van der Waals surface area contributed by atoms with Crippen LogP contribution in [0.2, 0.25) is 0 Å². The number of aromatic nitrogens is 2. The molecule has 5 aromatic rings. The lowest BCUT2D eigenvalue weighted by atomic mass is 10.0. The summed E-state index contributed by atoms with van der Waals surface area (Å²) in [6.07, 6.45) is 1.21. The number of methoxy groups -OCH3 is 1. The lowest BCUT2D eigenvalue weighted by Gasteiger charge is -2.15. The number of hydrogen-bond acceptors (Lipinski definition) is 8. The minimum atomic E-state index is -0.591. The third-order valence-corrected chi connectivity index (χ3v) is 5.92. The molecule has 2 heterocycles. The third kappa shape index (κ3) is 4.66. The number of halogens is 2. The van der Waals surface area contributed by atoms with Crippen LogP contribution in [-0.2, 0) is 6.54 Å². The summed E-state index contributed by atoms with van der Waals surface area (Å²) in [5, 5.41) is 12.1. The number of para-hydroxylation sites is 1. The van der Waals surface area contributed by atoms with Crippen molar-refractivity contribution < 1.29 is 17.9 Å². The summed E-state index contributed by atoms with van der Waals surface area (Å²) >= 11 is 0. The van der Waals surface area contributed by atoms with Gasteiger partial charge in [-0.3, -0.25) is 10.2 Å². The number of nitrogen functional groups attached to an aromatic ring is 1. The van der Waals surface area contributed by atoms with E-state index in [2.05, 4.69) is 15.3 Å². The number of rotatable bonds is 7. The maximum Gasteiger partial charge on any atom is 0.200 e. The molecule has 0 unspecified atom stereocenters. The average Bonchev–Trinajstić information content (AvgIpc) is 2.91. The van der Waals surface area contributed by atoms with Gasteiger partial charge in [0, 0.05) is 11.6 Å². The zero-order valence-electron chi connectivity index (χ0n) is 20.1. The van der Waals surface area contributed by atoms with Crippen molar-refractivity contribution in [2.75, 3.05) is 18.2 Å². The lowest BCUT2D eigenvalue weighted by molar-refractivity contribution is 0.411. The third-order valence-electron chi connectivity index (χ3n) is 5.92. The number of ether oxygens (including phenoxy) is 1. The lowest BCUT2D eigenvalue weighted by Crippen LogP contribution is -2.16. The summed E-state index contributed by atoms with van der Waals surface area (Å²) in [7, 11) is 1.39. The standard InChI is InChI=1S/C28H21F2N5O3/c1-37-19-11-16(10-18(30)12-19)25(31)24-27(32)34-14-35-28(24)33-13-22-23(15-5-4-6-17(29)9-15)26(36)20-7-2-3-8-21(20)38-22/h2-12,14,31H,13H2,1H3,(H3,32,33,34,35). The van der Waals surface area contributed by atoms with E-state index >= 15 is 0 Å². The maximum atomic E-state index is 14.1. The Morgan fingerprint density at radius 3 is 2.66 bits per heavy atom. The minimum Gasteiger partial charge on any atom is -0.497 e. The molecule has 0 saturated carbocycles. The fourth-order valence-corrected chi connectivity index (χ4v) is 4.16. The first-order valence-electron chi connectivity index (χ1n) is 11.4. The Hall–Kier alpha value is -5.12. The van der Waals surface area contributed by atoms with Crippen LogP contribution < -0.4 is 21.2 Å². The van der Waals surface area contributed by atoms with Gasteiger partial charge in [0.1, 0.15) is 46.7 Å². The molecule has 0 aliphatic heterocycles. The molecule has 38 heavy (non-hydrogen) atoms. The van der Waals surface area contributed by atoms with Gasteiger partial charge in [-0.2, -0.15) is 0 Å². The second-order valence-corrected chi connectivity index (χ2v) is 8.33. The summed E-state index contributed by atoms with van der Waals surface area (Å²) in [4.78, 5) is 21.6. The molecule has 4 N–H and O–H groups in total. The summed E-state index contributed by atoms with van der Waals surface area (Å²) < 4.78 is 39.4. The number of hydrogen-bond donors (Lipinski definition) is 3. The van der Waals surface area contributed by atoms with Crippen LogP contribution in [0.15, 0.2) is 82.3 Å². The number of anilines is 2. The first-order chi connectivity index (χ1) is 18.4. The van der Waals surface area contributed by atoms with Crippen LogP contribution in [-0.4, -0.2) is 22.8 Å². The van der Waals surface area contributed by atoms with Crippen LogP contribution in [0.25, 0.3) is 22.1 Å². The highest BCUT2D eigenvalue weighted by molar-refractivity contribution is 6.16. The minimum absolute atomic E-state index is 0.0129. The van der Waals surface area contributed by atoms with Crippen molar-refractivity contribution in [3.63, 3.8) is 0 Å². The molecule has 0 bridgehead atoms. The molecule has 0 fully saturated rings. The monoisotopic (exact) mass is 513 g/mol. The highest BCUT2D eigenvalue weighted by Crippen LogP contribution is 2.28. The topological polar surface area (TPSA) is 127 Å². The normalized spacial score (nSPS) is 10.9. The Labute approximate surface area is 215 Å². The van der Waals surface area contributed by atoms with Crippen molar-refractivity contribution in [2.24, 2.45) is 0 Å². The molecular formula is C28H21F2N5O3. The van der Waals surface area contributed by atoms with Crippen molar-refractivity contribution in [2.45, 2.75) is 6.54 Å². The van der Waals surface area contributed by atoms with Crippen molar-refractivity contribution in [3.05, 3.63) is 112 Å². The molecule has 10 heteroatoms. The molecule has 0 saturated heterocycles. The summed E-state index contributed by atoms with van der Waals surface area (Å²) in [6, 6.07) is 16.3. The molecule has 190 valence electrons.